The van der Waals surface area contributed by atoms with Crippen LogP contribution in [-0.2, 0) is 6.54 Å². The zero-order valence-corrected chi connectivity index (χ0v) is 11.1. The molecular formula is C15H17NO4. The van der Waals surface area contributed by atoms with Crippen LogP contribution < -0.4 is 5.32 Å². The number of aliphatic hydroxyl groups excluding tert-OH is 1. The Morgan fingerprint density at radius 1 is 1.35 bits per heavy atom. The first-order valence-electron chi connectivity index (χ1n) is 6.70. The molecule has 20 heavy (non-hydrogen) atoms. The van der Waals surface area contributed by atoms with E-state index in [1.54, 1.807) is 18.2 Å². The van der Waals surface area contributed by atoms with E-state index < -0.39 is 5.97 Å². The summed E-state index contributed by atoms with van der Waals surface area (Å²) < 4.78 is 5.62. The van der Waals surface area contributed by atoms with Gasteiger partial charge in [-0.3, -0.25) is 0 Å². The van der Waals surface area contributed by atoms with Crippen LogP contribution in [0.3, 0.4) is 0 Å². The molecule has 2 aromatic rings. The molecule has 3 rings (SSSR count). The van der Waals surface area contributed by atoms with Crippen LogP contribution in [0.1, 0.15) is 29.0 Å². The van der Waals surface area contributed by atoms with E-state index in [1.807, 2.05) is 6.07 Å². The molecule has 5 heteroatoms. The number of furan rings is 1. The summed E-state index contributed by atoms with van der Waals surface area (Å²) in [5, 5.41) is 22.4. The minimum Gasteiger partial charge on any atom is -0.478 e. The smallest absolute Gasteiger partial charge is 0.339 e. The molecule has 0 aliphatic heterocycles. The van der Waals surface area contributed by atoms with Gasteiger partial charge < -0.3 is 19.9 Å². The maximum atomic E-state index is 11.4. The number of benzene rings is 1. The van der Waals surface area contributed by atoms with Crippen LogP contribution >= 0.6 is 0 Å². The number of carbonyl (C=O) groups is 1. The van der Waals surface area contributed by atoms with Crippen molar-refractivity contribution in [2.75, 3.05) is 13.2 Å². The predicted octanol–water partition coefficient (Wildman–Crippen LogP) is 1.99. The molecule has 1 aromatic carbocycles. The normalized spacial score (nSPS) is 16.4. The topological polar surface area (TPSA) is 82.7 Å². The average Bonchev–Trinajstić information content (AvgIpc) is 3.11. The zero-order valence-electron chi connectivity index (χ0n) is 11.1. The van der Waals surface area contributed by atoms with Crippen LogP contribution in [0.25, 0.3) is 11.0 Å². The first-order chi connectivity index (χ1) is 9.65. The number of fused-ring (bicyclic) bond motifs is 1. The van der Waals surface area contributed by atoms with E-state index >= 15 is 0 Å². The summed E-state index contributed by atoms with van der Waals surface area (Å²) in [7, 11) is 0. The molecule has 1 aromatic heterocycles. The van der Waals surface area contributed by atoms with Gasteiger partial charge in [0.15, 0.2) is 0 Å². The Bertz CT molecular complexity index is 642. The first kappa shape index (κ1) is 13.1. The number of carboxylic acid groups (broad SMARTS) is 1. The molecule has 0 bridgehead atoms. The molecule has 1 aliphatic carbocycles. The second kappa shape index (κ2) is 4.92. The summed E-state index contributed by atoms with van der Waals surface area (Å²) in [6, 6.07) is 7.13. The average molecular weight is 275 g/mol. The maximum Gasteiger partial charge on any atom is 0.339 e. The van der Waals surface area contributed by atoms with Gasteiger partial charge in [-0.25, -0.2) is 4.79 Å². The molecule has 106 valence electrons. The maximum absolute atomic E-state index is 11.4. The lowest BCUT2D eigenvalue weighted by atomic mass is 10.1. The minimum atomic E-state index is -0.977. The van der Waals surface area contributed by atoms with E-state index in [-0.39, 0.29) is 17.6 Å². The lowest BCUT2D eigenvalue weighted by molar-refractivity contribution is 0.0696. The summed E-state index contributed by atoms with van der Waals surface area (Å²) in [5.41, 5.74) is 0.807. The highest BCUT2D eigenvalue weighted by molar-refractivity contribution is 6.03. The second-order valence-electron chi connectivity index (χ2n) is 5.46. The van der Waals surface area contributed by atoms with Crippen LogP contribution in [0.15, 0.2) is 28.7 Å². The van der Waals surface area contributed by atoms with Gasteiger partial charge in [0.2, 0.25) is 0 Å². The number of rotatable bonds is 6. The van der Waals surface area contributed by atoms with Gasteiger partial charge in [-0.05, 0) is 18.9 Å². The number of carboxylic acids is 1. The van der Waals surface area contributed by atoms with E-state index in [0.717, 1.165) is 12.8 Å². The third-order valence-corrected chi connectivity index (χ3v) is 3.96. The molecule has 0 unspecified atom stereocenters. The third kappa shape index (κ3) is 2.30. The molecular weight excluding hydrogens is 258 g/mol. The van der Waals surface area contributed by atoms with E-state index in [1.165, 1.54) is 0 Å². The Balaban J connectivity index is 1.80. The monoisotopic (exact) mass is 275 g/mol. The van der Waals surface area contributed by atoms with Gasteiger partial charge in [-0.1, -0.05) is 18.2 Å². The fraction of sp³-hybridized carbons (Fsp3) is 0.400. The molecule has 1 saturated carbocycles. The Kier molecular flexibility index (Phi) is 3.23. The Morgan fingerprint density at radius 2 is 2.10 bits per heavy atom. The van der Waals surface area contributed by atoms with Gasteiger partial charge in [-0.15, -0.1) is 0 Å². The SMILES string of the molecule is O=C(O)c1c(CNCC2(CO)CC2)oc2ccccc12. The number of hydrogen-bond acceptors (Lipinski definition) is 4. The van der Waals surface area contributed by atoms with E-state index in [9.17, 15) is 15.0 Å². The lowest BCUT2D eigenvalue weighted by Gasteiger charge is -2.11. The van der Waals surface area contributed by atoms with Crippen molar-refractivity contribution in [3.05, 3.63) is 35.6 Å². The van der Waals surface area contributed by atoms with Crippen LogP contribution in [0.4, 0.5) is 0 Å². The quantitative estimate of drug-likeness (QED) is 0.751. The Labute approximate surface area is 116 Å². The van der Waals surface area contributed by atoms with Gasteiger partial charge in [0, 0.05) is 24.0 Å². The van der Waals surface area contributed by atoms with Crippen molar-refractivity contribution in [2.24, 2.45) is 5.41 Å². The summed E-state index contributed by atoms with van der Waals surface area (Å²) in [5.74, 6) is -0.539. The van der Waals surface area contributed by atoms with Crippen molar-refractivity contribution in [3.8, 4) is 0 Å². The zero-order chi connectivity index (χ0) is 14.2. The third-order valence-electron chi connectivity index (χ3n) is 3.96. The van der Waals surface area contributed by atoms with Gasteiger partial charge in [-0.2, -0.15) is 0 Å². The second-order valence-corrected chi connectivity index (χ2v) is 5.46. The molecule has 0 atom stereocenters. The van der Waals surface area contributed by atoms with Crippen molar-refractivity contribution < 1.29 is 19.4 Å². The van der Waals surface area contributed by atoms with Crippen molar-refractivity contribution in [2.45, 2.75) is 19.4 Å². The van der Waals surface area contributed by atoms with Crippen molar-refractivity contribution in [1.29, 1.82) is 0 Å². The molecule has 0 radical (unpaired) electrons. The van der Waals surface area contributed by atoms with Crippen LogP contribution in [0.5, 0.6) is 0 Å². The van der Waals surface area contributed by atoms with Crippen molar-refractivity contribution >= 4 is 16.9 Å². The summed E-state index contributed by atoms with van der Waals surface area (Å²) in [4.78, 5) is 11.4. The summed E-state index contributed by atoms with van der Waals surface area (Å²) in [6.45, 7) is 1.21. The van der Waals surface area contributed by atoms with Crippen molar-refractivity contribution in [3.63, 3.8) is 0 Å². The molecule has 3 N–H and O–H groups in total. The molecule has 5 nitrogen and oxygen atoms in total. The number of nitrogens with one attached hydrogen (secondary N) is 1. The number of aromatic carboxylic acids is 1. The van der Waals surface area contributed by atoms with Gasteiger partial charge in [0.1, 0.15) is 16.9 Å². The lowest BCUT2D eigenvalue weighted by Crippen LogP contribution is -2.26. The predicted molar refractivity (Wildman–Crippen MR) is 73.6 cm³/mol. The molecule has 0 spiro atoms. The largest absolute Gasteiger partial charge is 0.478 e. The molecule has 0 amide bonds. The van der Waals surface area contributed by atoms with E-state index in [4.69, 9.17) is 4.42 Å². The fourth-order valence-electron chi connectivity index (χ4n) is 2.46. The first-order valence-corrected chi connectivity index (χ1v) is 6.70. The fourth-order valence-corrected chi connectivity index (χ4v) is 2.46. The molecule has 1 heterocycles. The van der Waals surface area contributed by atoms with Gasteiger partial charge >= 0.3 is 5.97 Å². The Hall–Kier alpha value is -1.85. The molecule has 1 fully saturated rings. The van der Waals surface area contributed by atoms with E-state index in [2.05, 4.69) is 5.32 Å². The van der Waals surface area contributed by atoms with Crippen LogP contribution in [-0.4, -0.2) is 29.3 Å². The highest BCUT2D eigenvalue weighted by Crippen LogP contribution is 2.44. The van der Waals surface area contributed by atoms with E-state index in [0.29, 0.717) is 29.8 Å². The Morgan fingerprint density at radius 3 is 2.75 bits per heavy atom. The highest BCUT2D eigenvalue weighted by atomic mass is 16.4. The highest BCUT2D eigenvalue weighted by Gasteiger charge is 2.41. The number of para-hydroxylation sites is 1. The summed E-state index contributed by atoms with van der Waals surface area (Å²) >= 11 is 0. The minimum absolute atomic E-state index is 0.00456. The number of hydrogen-bond donors (Lipinski definition) is 3. The molecule has 1 aliphatic rings. The number of aliphatic hydroxyl groups is 1. The van der Waals surface area contributed by atoms with Gasteiger partial charge in [0.25, 0.3) is 0 Å². The van der Waals surface area contributed by atoms with Crippen molar-refractivity contribution in [1.82, 2.24) is 5.32 Å². The van der Waals surface area contributed by atoms with Crippen LogP contribution in [0.2, 0.25) is 0 Å². The van der Waals surface area contributed by atoms with Crippen LogP contribution in [0, 0.1) is 5.41 Å². The molecule has 0 saturated heterocycles. The summed E-state index contributed by atoms with van der Waals surface area (Å²) in [6.07, 6.45) is 2.03. The standard InChI is InChI=1S/C15H17NO4/c17-9-15(5-6-15)8-16-7-12-13(14(18)19)10-3-1-2-4-11(10)20-12/h1-4,16-17H,5-9H2,(H,18,19). The van der Waals surface area contributed by atoms with Gasteiger partial charge in [0.05, 0.1) is 6.54 Å².